The van der Waals surface area contributed by atoms with Crippen LogP contribution in [0.2, 0.25) is 5.02 Å². The number of nitrogens with zero attached hydrogens (tertiary/aromatic N) is 2. The first-order valence-electron chi connectivity index (χ1n) is 7.59. The number of fused-ring (bicyclic) bond motifs is 1. The third-order valence-corrected chi connectivity index (χ3v) is 4.05. The predicted octanol–water partition coefficient (Wildman–Crippen LogP) is 4.19. The Hall–Kier alpha value is -3.10. The van der Waals surface area contributed by atoms with Gasteiger partial charge in [0.15, 0.2) is 0 Å². The third-order valence-electron chi connectivity index (χ3n) is 3.64. The number of hydrogen-bond acceptors (Lipinski definition) is 4. The van der Waals surface area contributed by atoms with E-state index in [1.54, 1.807) is 6.07 Å². The summed E-state index contributed by atoms with van der Waals surface area (Å²) in [6, 6.07) is 16.9. The zero-order valence-electron chi connectivity index (χ0n) is 13.2. The molecule has 1 aromatic heterocycles. The molecule has 0 aliphatic rings. The monoisotopic (exact) mass is 351 g/mol. The standard InChI is InChI=1S/C19H14ClN3O2/c20-18-15(9-21)11-22-17-8-14(6-7-16(17)18)10-23-19(24)25-12-13-4-2-1-3-5-13/h1-8,11H,10,12H2,(H,23,24). The molecule has 1 heterocycles. The second-order valence-electron chi connectivity index (χ2n) is 5.36. The van der Waals surface area contributed by atoms with Gasteiger partial charge >= 0.3 is 6.09 Å². The molecule has 0 radical (unpaired) electrons. The third kappa shape index (κ3) is 4.06. The number of pyridine rings is 1. The van der Waals surface area contributed by atoms with Gasteiger partial charge in [0.1, 0.15) is 12.7 Å². The number of nitrogens with one attached hydrogen (secondary N) is 1. The molecule has 1 amide bonds. The summed E-state index contributed by atoms with van der Waals surface area (Å²) in [5.41, 5.74) is 2.79. The minimum Gasteiger partial charge on any atom is -0.445 e. The fourth-order valence-corrected chi connectivity index (χ4v) is 2.59. The summed E-state index contributed by atoms with van der Waals surface area (Å²) in [5.74, 6) is 0. The average Bonchev–Trinajstić information content (AvgIpc) is 2.66. The van der Waals surface area contributed by atoms with Crippen LogP contribution in [-0.2, 0) is 17.9 Å². The van der Waals surface area contributed by atoms with Crippen LogP contribution in [0.5, 0.6) is 0 Å². The topological polar surface area (TPSA) is 75.0 Å². The van der Waals surface area contributed by atoms with Crippen LogP contribution in [0.1, 0.15) is 16.7 Å². The summed E-state index contributed by atoms with van der Waals surface area (Å²) in [7, 11) is 0. The number of rotatable bonds is 4. The van der Waals surface area contributed by atoms with Gasteiger partial charge in [-0.2, -0.15) is 5.26 Å². The van der Waals surface area contributed by atoms with E-state index >= 15 is 0 Å². The molecule has 0 saturated heterocycles. The van der Waals surface area contributed by atoms with Crippen molar-refractivity contribution in [2.45, 2.75) is 13.2 Å². The molecule has 124 valence electrons. The number of nitriles is 1. The molecule has 3 aromatic rings. The van der Waals surface area contributed by atoms with Gasteiger partial charge in [-0.15, -0.1) is 0 Å². The van der Waals surface area contributed by atoms with Crippen molar-refractivity contribution in [1.29, 1.82) is 5.26 Å². The maximum atomic E-state index is 11.8. The van der Waals surface area contributed by atoms with E-state index in [1.807, 2.05) is 48.5 Å². The highest BCUT2D eigenvalue weighted by atomic mass is 35.5. The van der Waals surface area contributed by atoms with Gasteiger partial charge in [0, 0.05) is 18.1 Å². The molecule has 2 aromatic carbocycles. The Kier molecular flexibility index (Phi) is 5.12. The Balaban J connectivity index is 1.61. The Labute approximate surface area is 149 Å². The number of benzene rings is 2. The number of halogens is 1. The summed E-state index contributed by atoms with van der Waals surface area (Å²) in [6.07, 6.45) is 0.950. The van der Waals surface area contributed by atoms with Gasteiger partial charge in [0.2, 0.25) is 0 Å². The molecule has 0 aliphatic carbocycles. The molecule has 0 aliphatic heterocycles. The van der Waals surface area contributed by atoms with Crippen molar-refractivity contribution in [2.24, 2.45) is 0 Å². The lowest BCUT2D eigenvalue weighted by Gasteiger charge is -2.08. The first-order chi connectivity index (χ1) is 12.2. The first kappa shape index (κ1) is 16.7. The van der Waals surface area contributed by atoms with Crippen molar-refractivity contribution in [3.8, 4) is 6.07 Å². The van der Waals surface area contributed by atoms with Crippen molar-refractivity contribution in [1.82, 2.24) is 10.3 Å². The number of hydrogen-bond donors (Lipinski definition) is 1. The van der Waals surface area contributed by atoms with Gasteiger partial charge in [-0.05, 0) is 17.2 Å². The van der Waals surface area contributed by atoms with Gasteiger partial charge in [0.05, 0.1) is 16.1 Å². The molecule has 3 rings (SSSR count). The maximum Gasteiger partial charge on any atom is 0.407 e. The molecule has 25 heavy (non-hydrogen) atoms. The van der Waals surface area contributed by atoms with Crippen molar-refractivity contribution < 1.29 is 9.53 Å². The molecule has 1 N–H and O–H groups in total. The van der Waals surface area contributed by atoms with Gasteiger partial charge < -0.3 is 10.1 Å². The molecule has 0 atom stereocenters. The van der Waals surface area contributed by atoms with E-state index in [4.69, 9.17) is 21.6 Å². The normalized spacial score (nSPS) is 10.2. The predicted molar refractivity (Wildman–Crippen MR) is 94.9 cm³/mol. The molecule has 0 bridgehead atoms. The highest BCUT2D eigenvalue weighted by molar-refractivity contribution is 6.36. The highest BCUT2D eigenvalue weighted by Gasteiger charge is 2.08. The zero-order valence-corrected chi connectivity index (χ0v) is 14.0. The van der Waals surface area contributed by atoms with E-state index < -0.39 is 6.09 Å². The molecular formula is C19H14ClN3O2. The van der Waals surface area contributed by atoms with Crippen LogP contribution in [-0.4, -0.2) is 11.1 Å². The van der Waals surface area contributed by atoms with Crippen molar-refractivity contribution in [2.75, 3.05) is 0 Å². The number of carbonyl (C=O) groups excluding carboxylic acids is 1. The Bertz CT molecular complexity index is 952. The summed E-state index contributed by atoms with van der Waals surface area (Å²) in [6.45, 7) is 0.529. The van der Waals surface area contributed by atoms with Crippen LogP contribution in [0.25, 0.3) is 10.9 Å². The molecule has 0 fully saturated rings. The van der Waals surface area contributed by atoms with E-state index in [1.165, 1.54) is 6.20 Å². The first-order valence-corrected chi connectivity index (χ1v) is 7.97. The number of ether oxygens (including phenoxy) is 1. The van der Waals surface area contributed by atoms with Gasteiger partial charge in [-0.1, -0.05) is 54.1 Å². The number of aromatic nitrogens is 1. The average molecular weight is 352 g/mol. The second-order valence-corrected chi connectivity index (χ2v) is 5.74. The van der Waals surface area contributed by atoms with Crippen molar-refractivity contribution in [3.63, 3.8) is 0 Å². The molecule has 0 saturated carbocycles. The quantitative estimate of drug-likeness (QED) is 0.764. The van der Waals surface area contributed by atoms with Crippen LogP contribution in [0.15, 0.2) is 54.7 Å². The smallest absolute Gasteiger partial charge is 0.407 e. The minimum absolute atomic E-state index is 0.221. The van der Waals surface area contributed by atoms with E-state index in [-0.39, 0.29) is 6.61 Å². The second kappa shape index (κ2) is 7.65. The van der Waals surface area contributed by atoms with E-state index in [0.29, 0.717) is 28.0 Å². The lowest BCUT2D eigenvalue weighted by Crippen LogP contribution is -2.23. The zero-order chi connectivity index (χ0) is 17.6. The number of amides is 1. The van der Waals surface area contributed by atoms with Crippen molar-refractivity contribution in [3.05, 3.63) is 76.4 Å². The van der Waals surface area contributed by atoms with Crippen LogP contribution < -0.4 is 5.32 Å². The van der Waals surface area contributed by atoms with E-state index in [2.05, 4.69) is 10.3 Å². The lowest BCUT2D eigenvalue weighted by molar-refractivity contribution is 0.139. The van der Waals surface area contributed by atoms with E-state index in [0.717, 1.165) is 11.1 Å². The Morgan fingerprint density at radius 3 is 2.76 bits per heavy atom. The SMILES string of the molecule is N#Cc1cnc2cc(CNC(=O)OCc3ccccc3)ccc2c1Cl. The van der Waals surface area contributed by atoms with Crippen molar-refractivity contribution >= 4 is 28.6 Å². The van der Waals surface area contributed by atoms with Gasteiger partial charge in [0.25, 0.3) is 0 Å². The van der Waals surface area contributed by atoms with Gasteiger partial charge in [-0.3, -0.25) is 4.98 Å². The maximum absolute atomic E-state index is 11.8. The Morgan fingerprint density at radius 2 is 2.00 bits per heavy atom. The highest BCUT2D eigenvalue weighted by Crippen LogP contribution is 2.25. The Morgan fingerprint density at radius 1 is 1.20 bits per heavy atom. The van der Waals surface area contributed by atoms with Gasteiger partial charge in [-0.25, -0.2) is 4.79 Å². The summed E-state index contributed by atoms with van der Waals surface area (Å²) < 4.78 is 5.16. The lowest BCUT2D eigenvalue weighted by atomic mass is 10.1. The molecule has 0 spiro atoms. The molecule has 5 nitrogen and oxygen atoms in total. The van der Waals surface area contributed by atoms with Crippen LogP contribution in [0.3, 0.4) is 0 Å². The molecule has 0 unspecified atom stereocenters. The van der Waals surface area contributed by atoms with Crippen LogP contribution in [0, 0.1) is 11.3 Å². The van der Waals surface area contributed by atoms with E-state index in [9.17, 15) is 4.79 Å². The number of carbonyl (C=O) groups is 1. The summed E-state index contributed by atoms with van der Waals surface area (Å²) >= 11 is 6.17. The fourth-order valence-electron chi connectivity index (χ4n) is 2.34. The largest absolute Gasteiger partial charge is 0.445 e. The molecular weight excluding hydrogens is 338 g/mol. The summed E-state index contributed by atoms with van der Waals surface area (Å²) in [5, 5.41) is 12.8. The van der Waals surface area contributed by atoms with Crippen LogP contribution >= 0.6 is 11.6 Å². The fraction of sp³-hybridized carbons (Fsp3) is 0.105. The minimum atomic E-state index is -0.491. The summed E-state index contributed by atoms with van der Waals surface area (Å²) in [4.78, 5) is 16.0. The number of alkyl carbamates (subject to hydrolysis) is 1. The van der Waals surface area contributed by atoms with Crippen LogP contribution in [0.4, 0.5) is 4.79 Å². The molecule has 6 heteroatoms.